The molecule has 0 amide bonds. The van der Waals surface area contributed by atoms with Gasteiger partial charge in [0.2, 0.25) is 0 Å². The molecule has 1 N–H and O–H groups in total. The lowest BCUT2D eigenvalue weighted by atomic mass is 10.1. The van der Waals surface area contributed by atoms with Crippen LogP contribution >= 0.6 is 0 Å². The summed E-state index contributed by atoms with van der Waals surface area (Å²) in [6.45, 7) is 4.22. The average molecular weight is 118 g/mol. The molecule has 0 spiro atoms. The molecule has 0 aromatic carbocycles. The van der Waals surface area contributed by atoms with Gasteiger partial charge in [0.1, 0.15) is 0 Å². The zero-order valence-corrected chi connectivity index (χ0v) is 5.55. The number of hydrogen-bond donors (Lipinski definition) is 1. The quantitative estimate of drug-likeness (QED) is 0.548. The molecule has 8 heavy (non-hydrogen) atoms. The second-order valence-corrected chi connectivity index (χ2v) is 1.81. The van der Waals surface area contributed by atoms with Crippen molar-refractivity contribution in [2.45, 2.75) is 13.3 Å². The first-order valence-electron chi connectivity index (χ1n) is 2.96. The van der Waals surface area contributed by atoms with Gasteiger partial charge < -0.3 is 9.84 Å². The molecule has 2 heteroatoms. The molecule has 0 aromatic rings. The average Bonchev–Trinajstić information content (AvgIpc) is 1.69. The molecule has 1 fully saturated rings. The normalized spacial score (nSPS) is 18.4. The van der Waals surface area contributed by atoms with Crippen LogP contribution in [0.25, 0.3) is 0 Å². The summed E-state index contributed by atoms with van der Waals surface area (Å²) in [4.78, 5) is 0. The molecule has 1 rings (SSSR count). The Morgan fingerprint density at radius 2 is 2.00 bits per heavy atom. The Kier molecular flexibility index (Phi) is 5.01. The van der Waals surface area contributed by atoms with E-state index in [1.165, 1.54) is 6.42 Å². The van der Waals surface area contributed by atoms with Crippen molar-refractivity contribution in [2.75, 3.05) is 20.3 Å². The maximum absolute atomic E-state index is 7.00. The molecule has 0 atom stereocenters. The minimum Gasteiger partial charge on any atom is -0.400 e. The second kappa shape index (κ2) is 5.06. The minimum atomic E-state index is 0.894. The van der Waals surface area contributed by atoms with Crippen LogP contribution in [0.3, 0.4) is 0 Å². The van der Waals surface area contributed by atoms with Gasteiger partial charge in [-0.2, -0.15) is 0 Å². The Morgan fingerprint density at radius 3 is 2.00 bits per heavy atom. The van der Waals surface area contributed by atoms with Gasteiger partial charge in [-0.3, -0.25) is 0 Å². The molecule has 0 unspecified atom stereocenters. The third kappa shape index (κ3) is 2.28. The number of aliphatic hydroxyl groups is 1. The van der Waals surface area contributed by atoms with Crippen LogP contribution < -0.4 is 0 Å². The van der Waals surface area contributed by atoms with Crippen molar-refractivity contribution in [1.29, 1.82) is 0 Å². The topological polar surface area (TPSA) is 29.5 Å². The third-order valence-corrected chi connectivity index (χ3v) is 1.28. The molecular weight excluding hydrogens is 104 g/mol. The van der Waals surface area contributed by atoms with Crippen LogP contribution in [-0.4, -0.2) is 25.4 Å². The molecule has 1 aliphatic heterocycles. The molecule has 0 radical (unpaired) electrons. The molecule has 1 heterocycles. The Balaban J connectivity index is 0.000000222. The van der Waals surface area contributed by atoms with Gasteiger partial charge in [-0.15, -0.1) is 0 Å². The fourth-order valence-corrected chi connectivity index (χ4v) is 0.520. The predicted octanol–water partition coefficient (Wildman–Crippen LogP) is 0.651. The molecule has 0 saturated carbocycles. The summed E-state index contributed by atoms with van der Waals surface area (Å²) in [6.07, 6.45) is 1.29. The van der Waals surface area contributed by atoms with Gasteiger partial charge >= 0.3 is 0 Å². The van der Waals surface area contributed by atoms with Crippen LogP contribution in [0.15, 0.2) is 0 Å². The Labute approximate surface area is 50.5 Å². The number of hydrogen-bond acceptors (Lipinski definition) is 2. The summed E-state index contributed by atoms with van der Waals surface area (Å²) in [6, 6.07) is 0. The van der Waals surface area contributed by atoms with E-state index in [-0.39, 0.29) is 0 Å². The summed E-state index contributed by atoms with van der Waals surface area (Å²) in [5.74, 6) is 0.894. The van der Waals surface area contributed by atoms with Crippen LogP contribution in [-0.2, 0) is 4.74 Å². The molecule has 0 bridgehead atoms. The zero-order chi connectivity index (χ0) is 6.41. The van der Waals surface area contributed by atoms with Gasteiger partial charge in [0.05, 0.1) is 13.2 Å². The van der Waals surface area contributed by atoms with E-state index in [4.69, 9.17) is 9.84 Å². The fraction of sp³-hybridized carbons (Fsp3) is 1.00. The monoisotopic (exact) mass is 118 g/mol. The van der Waals surface area contributed by atoms with Gasteiger partial charge in [-0.1, -0.05) is 6.92 Å². The van der Waals surface area contributed by atoms with Gasteiger partial charge in [0.15, 0.2) is 0 Å². The van der Waals surface area contributed by atoms with Crippen molar-refractivity contribution in [3.05, 3.63) is 0 Å². The Hall–Kier alpha value is -0.0800. The first kappa shape index (κ1) is 7.92. The van der Waals surface area contributed by atoms with E-state index in [2.05, 4.69) is 6.92 Å². The highest BCUT2D eigenvalue weighted by atomic mass is 16.5. The van der Waals surface area contributed by atoms with Crippen LogP contribution in [0, 0.1) is 5.92 Å². The van der Waals surface area contributed by atoms with Crippen LogP contribution in [0.4, 0.5) is 0 Å². The first-order valence-corrected chi connectivity index (χ1v) is 2.96. The number of aliphatic hydroxyl groups excluding tert-OH is 1. The van der Waals surface area contributed by atoms with E-state index in [0.29, 0.717) is 0 Å². The van der Waals surface area contributed by atoms with Crippen molar-refractivity contribution in [1.82, 2.24) is 0 Å². The van der Waals surface area contributed by atoms with Crippen LogP contribution in [0.1, 0.15) is 13.3 Å². The fourth-order valence-electron chi connectivity index (χ4n) is 0.520. The van der Waals surface area contributed by atoms with Gasteiger partial charge in [0.25, 0.3) is 0 Å². The van der Waals surface area contributed by atoms with E-state index in [9.17, 15) is 0 Å². The highest BCUT2D eigenvalue weighted by molar-refractivity contribution is 4.61. The molecule has 50 valence electrons. The first-order chi connectivity index (χ1) is 3.93. The SMILES string of the molecule is CCC1COC1.CO. The van der Waals surface area contributed by atoms with E-state index in [1.54, 1.807) is 0 Å². The summed E-state index contributed by atoms with van der Waals surface area (Å²) in [7, 11) is 1.00. The maximum Gasteiger partial charge on any atom is 0.0516 e. The molecule has 0 aliphatic carbocycles. The lowest BCUT2D eigenvalue weighted by Crippen LogP contribution is -2.26. The molecular formula is C6H14O2. The van der Waals surface area contributed by atoms with Gasteiger partial charge in [0, 0.05) is 13.0 Å². The van der Waals surface area contributed by atoms with Gasteiger partial charge in [-0.05, 0) is 6.42 Å². The summed E-state index contributed by atoms with van der Waals surface area (Å²) >= 11 is 0. The smallest absolute Gasteiger partial charge is 0.0516 e. The predicted molar refractivity (Wildman–Crippen MR) is 32.7 cm³/mol. The van der Waals surface area contributed by atoms with Crippen molar-refractivity contribution >= 4 is 0 Å². The lowest BCUT2D eigenvalue weighted by molar-refractivity contribution is -0.0331. The Morgan fingerprint density at radius 1 is 1.50 bits per heavy atom. The van der Waals surface area contributed by atoms with E-state index >= 15 is 0 Å². The zero-order valence-electron chi connectivity index (χ0n) is 5.55. The van der Waals surface area contributed by atoms with Crippen molar-refractivity contribution in [3.8, 4) is 0 Å². The summed E-state index contributed by atoms with van der Waals surface area (Å²) < 4.78 is 4.93. The standard InChI is InChI=1S/C5H10O.CH4O/c1-2-5-3-6-4-5;1-2/h5H,2-4H2,1H3;2H,1H3. The van der Waals surface area contributed by atoms with Crippen molar-refractivity contribution in [3.63, 3.8) is 0 Å². The van der Waals surface area contributed by atoms with Crippen molar-refractivity contribution < 1.29 is 9.84 Å². The number of rotatable bonds is 1. The summed E-state index contributed by atoms with van der Waals surface area (Å²) in [5.41, 5.74) is 0. The van der Waals surface area contributed by atoms with Gasteiger partial charge in [-0.25, -0.2) is 0 Å². The highest BCUT2D eigenvalue weighted by Crippen LogP contribution is 2.12. The Bertz CT molecular complexity index is 39.0. The van der Waals surface area contributed by atoms with Crippen molar-refractivity contribution in [2.24, 2.45) is 5.92 Å². The molecule has 2 nitrogen and oxygen atoms in total. The maximum atomic E-state index is 7.00. The largest absolute Gasteiger partial charge is 0.400 e. The molecule has 0 aromatic heterocycles. The minimum absolute atomic E-state index is 0.894. The third-order valence-electron chi connectivity index (χ3n) is 1.28. The molecule has 1 saturated heterocycles. The van der Waals surface area contributed by atoms with Crippen LogP contribution in [0.5, 0.6) is 0 Å². The van der Waals surface area contributed by atoms with E-state index in [1.807, 2.05) is 0 Å². The summed E-state index contributed by atoms with van der Waals surface area (Å²) in [5, 5.41) is 7.00. The highest BCUT2D eigenvalue weighted by Gasteiger charge is 2.14. The van der Waals surface area contributed by atoms with Crippen LogP contribution in [0.2, 0.25) is 0 Å². The van der Waals surface area contributed by atoms with E-state index < -0.39 is 0 Å². The lowest BCUT2D eigenvalue weighted by Gasteiger charge is -2.23. The second-order valence-electron chi connectivity index (χ2n) is 1.81. The van der Waals surface area contributed by atoms with E-state index in [0.717, 1.165) is 26.2 Å². The number of ether oxygens (including phenoxy) is 1. The molecule has 1 aliphatic rings.